The number of benzene rings is 1. The summed E-state index contributed by atoms with van der Waals surface area (Å²) in [7, 11) is 0. The van der Waals surface area contributed by atoms with Crippen molar-refractivity contribution < 1.29 is 31.6 Å². The van der Waals surface area contributed by atoms with Gasteiger partial charge in [0.25, 0.3) is 0 Å². The Bertz CT molecular complexity index is 732. The van der Waals surface area contributed by atoms with E-state index in [9.17, 15) is 26.7 Å². The van der Waals surface area contributed by atoms with Gasteiger partial charge in [0.15, 0.2) is 23.3 Å². The van der Waals surface area contributed by atoms with Crippen molar-refractivity contribution in [3.05, 3.63) is 34.6 Å². The van der Waals surface area contributed by atoms with Crippen molar-refractivity contribution in [3.63, 3.8) is 0 Å². The van der Waals surface area contributed by atoms with Gasteiger partial charge in [-0.15, -0.1) is 0 Å². The summed E-state index contributed by atoms with van der Waals surface area (Å²) in [4.78, 5) is 17.5. The fraction of sp³-hybridized carbons (Fsp3) is 0.632. The highest BCUT2D eigenvalue weighted by Gasteiger charge is 2.46. The first-order valence-corrected chi connectivity index (χ1v) is 8.97. The third-order valence-electron chi connectivity index (χ3n) is 5.80. The van der Waals surface area contributed by atoms with Gasteiger partial charge in [0.1, 0.15) is 6.61 Å². The Balaban J connectivity index is 1.74. The summed E-state index contributed by atoms with van der Waals surface area (Å²) in [6, 6.07) is -0.239. The number of carbonyl (C=O) groups is 1. The molecule has 1 aliphatic heterocycles. The van der Waals surface area contributed by atoms with Crippen molar-refractivity contribution in [2.24, 2.45) is 17.3 Å². The van der Waals surface area contributed by atoms with E-state index in [4.69, 9.17) is 4.84 Å². The minimum Gasteiger partial charge on any atom is -0.273 e. The molecule has 0 N–H and O–H groups in total. The molecule has 3 atom stereocenters. The first-order chi connectivity index (χ1) is 12.5. The van der Waals surface area contributed by atoms with E-state index in [1.807, 2.05) is 0 Å². The van der Waals surface area contributed by atoms with Crippen molar-refractivity contribution in [2.75, 3.05) is 0 Å². The number of nitrogens with zero attached hydrogens (tertiary/aromatic N) is 1. The molecule has 1 heterocycles. The highest BCUT2D eigenvalue weighted by Crippen LogP contribution is 2.46. The molecular formula is C19H22F5NO2. The van der Waals surface area contributed by atoms with Crippen molar-refractivity contribution in [3.8, 4) is 0 Å². The maximum Gasteiger partial charge on any atom is 0.246 e. The topological polar surface area (TPSA) is 29.5 Å². The van der Waals surface area contributed by atoms with E-state index in [1.54, 1.807) is 0 Å². The second-order valence-electron chi connectivity index (χ2n) is 8.45. The smallest absolute Gasteiger partial charge is 0.246 e. The fourth-order valence-corrected chi connectivity index (χ4v) is 4.14. The van der Waals surface area contributed by atoms with Crippen molar-refractivity contribution in [1.29, 1.82) is 0 Å². The largest absolute Gasteiger partial charge is 0.273 e. The zero-order valence-electron chi connectivity index (χ0n) is 15.4. The van der Waals surface area contributed by atoms with Crippen molar-refractivity contribution in [2.45, 2.75) is 59.1 Å². The molecule has 0 unspecified atom stereocenters. The number of fused-ring (bicyclic) bond motifs is 1. The van der Waals surface area contributed by atoms with Gasteiger partial charge in [0.05, 0.1) is 11.6 Å². The molecule has 0 bridgehead atoms. The molecule has 2 fully saturated rings. The minimum absolute atomic E-state index is 0.0619. The van der Waals surface area contributed by atoms with Crippen LogP contribution in [-0.2, 0) is 16.2 Å². The van der Waals surface area contributed by atoms with E-state index in [2.05, 4.69) is 20.8 Å². The Morgan fingerprint density at radius 3 is 2.07 bits per heavy atom. The van der Waals surface area contributed by atoms with Crippen LogP contribution in [0.1, 0.15) is 52.0 Å². The van der Waals surface area contributed by atoms with Crippen LogP contribution in [0.2, 0.25) is 0 Å². The number of rotatable bonds is 3. The Kier molecular flexibility index (Phi) is 5.22. The molecule has 8 heteroatoms. The lowest BCUT2D eigenvalue weighted by Crippen LogP contribution is -2.40. The molecule has 1 saturated carbocycles. The molecule has 0 spiro atoms. The van der Waals surface area contributed by atoms with Gasteiger partial charge in [0.2, 0.25) is 11.7 Å². The summed E-state index contributed by atoms with van der Waals surface area (Å²) in [5.74, 6) is -9.96. The molecule has 150 valence electrons. The molecule has 1 amide bonds. The number of hydrogen-bond donors (Lipinski definition) is 0. The lowest BCUT2D eigenvalue weighted by molar-refractivity contribution is -0.200. The first-order valence-electron chi connectivity index (χ1n) is 8.97. The highest BCUT2D eigenvalue weighted by molar-refractivity contribution is 5.78. The quantitative estimate of drug-likeness (QED) is 0.418. The zero-order chi connectivity index (χ0) is 20.1. The van der Waals surface area contributed by atoms with Gasteiger partial charge in [-0.05, 0) is 36.5 Å². The van der Waals surface area contributed by atoms with Gasteiger partial charge in [0, 0.05) is 6.42 Å². The molecule has 1 aliphatic carbocycles. The molecular weight excluding hydrogens is 369 g/mol. The molecule has 3 rings (SSSR count). The van der Waals surface area contributed by atoms with E-state index in [0.717, 1.165) is 17.9 Å². The van der Waals surface area contributed by atoms with Gasteiger partial charge >= 0.3 is 0 Å². The van der Waals surface area contributed by atoms with E-state index in [0.29, 0.717) is 12.3 Å². The maximum atomic E-state index is 13.8. The number of hydroxylamine groups is 2. The summed E-state index contributed by atoms with van der Waals surface area (Å²) in [5.41, 5.74) is -0.969. The van der Waals surface area contributed by atoms with Gasteiger partial charge in [-0.2, -0.15) is 0 Å². The standard InChI is InChI=1S/C19H22F5NO2/c1-19(2,3)10-4-5-12-9(6-10)7-13(26)25(12)27-8-11-14(20)16(22)18(24)17(23)15(11)21/h9-10,12H,4-8H2,1-3H3/t9-,10+,12-/m0/s1. The monoisotopic (exact) mass is 391 g/mol. The van der Waals surface area contributed by atoms with Crippen LogP contribution in [-0.4, -0.2) is 17.0 Å². The predicted molar refractivity (Wildman–Crippen MR) is 86.6 cm³/mol. The predicted octanol–water partition coefficient (Wildman–Crippen LogP) is 4.88. The number of hydrogen-bond acceptors (Lipinski definition) is 2. The number of amides is 1. The van der Waals surface area contributed by atoms with Gasteiger partial charge in [-0.25, -0.2) is 27.0 Å². The highest BCUT2D eigenvalue weighted by atomic mass is 19.2. The van der Waals surface area contributed by atoms with Crippen LogP contribution < -0.4 is 0 Å². The van der Waals surface area contributed by atoms with Crippen LogP contribution in [0.5, 0.6) is 0 Å². The molecule has 27 heavy (non-hydrogen) atoms. The van der Waals surface area contributed by atoms with E-state index in [1.165, 1.54) is 0 Å². The average Bonchev–Trinajstić information content (AvgIpc) is 2.92. The van der Waals surface area contributed by atoms with Crippen LogP contribution in [0.4, 0.5) is 22.0 Å². The van der Waals surface area contributed by atoms with E-state index < -0.39 is 41.3 Å². The average molecular weight is 391 g/mol. The maximum absolute atomic E-state index is 13.8. The molecule has 0 radical (unpaired) electrons. The summed E-state index contributed by atoms with van der Waals surface area (Å²) in [6.45, 7) is 5.54. The molecule has 0 aromatic heterocycles. The first kappa shape index (κ1) is 20.0. The third-order valence-corrected chi connectivity index (χ3v) is 5.80. The summed E-state index contributed by atoms with van der Waals surface area (Å²) < 4.78 is 67.3. The Morgan fingerprint density at radius 2 is 1.52 bits per heavy atom. The SMILES string of the molecule is CC(C)(C)[C@@H]1CC[C@H]2[C@H](CC(=O)N2OCc2c(F)c(F)c(F)c(F)c2F)C1. The Labute approximate surface area is 154 Å². The van der Waals surface area contributed by atoms with Crippen LogP contribution in [0.3, 0.4) is 0 Å². The second kappa shape index (κ2) is 7.04. The minimum atomic E-state index is -2.22. The molecule has 3 nitrogen and oxygen atoms in total. The number of carbonyl (C=O) groups excluding carboxylic acids is 1. The molecule has 2 aliphatic rings. The fourth-order valence-electron chi connectivity index (χ4n) is 4.14. The van der Waals surface area contributed by atoms with E-state index >= 15 is 0 Å². The van der Waals surface area contributed by atoms with Crippen LogP contribution in [0, 0.1) is 46.3 Å². The molecule has 1 aromatic rings. The normalized spacial score (nSPS) is 25.9. The van der Waals surface area contributed by atoms with Gasteiger partial charge in [-0.1, -0.05) is 20.8 Å². The molecule has 1 saturated heterocycles. The van der Waals surface area contributed by atoms with Crippen molar-refractivity contribution in [1.82, 2.24) is 5.06 Å². The summed E-state index contributed by atoms with van der Waals surface area (Å²) >= 11 is 0. The summed E-state index contributed by atoms with van der Waals surface area (Å²) in [6.07, 6.45) is 2.65. The third kappa shape index (κ3) is 3.56. The van der Waals surface area contributed by atoms with Crippen LogP contribution in [0.15, 0.2) is 0 Å². The second-order valence-corrected chi connectivity index (χ2v) is 8.45. The Hall–Kier alpha value is -1.70. The zero-order valence-corrected chi connectivity index (χ0v) is 15.4. The van der Waals surface area contributed by atoms with Crippen LogP contribution >= 0.6 is 0 Å². The Morgan fingerprint density at radius 1 is 0.963 bits per heavy atom. The number of halogens is 5. The van der Waals surface area contributed by atoms with Crippen molar-refractivity contribution >= 4 is 5.91 Å². The van der Waals surface area contributed by atoms with Crippen LogP contribution in [0.25, 0.3) is 0 Å². The summed E-state index contributed by atoms with van der Waals surface area (Å²) in [5, 5.41) is 1.07. The molecule has 1 aromatic carbocycles. The van der Waals surface area contributed by atoms with Gasteiger partial charge < -0.3 is 0 Å². The lowest BCUT2D eigenvalue weighted by Gasteiger charge is -2.40. The van der Waals surface area contributed by atoms with Gasteiger partial charge in [-0.3, -0.25) is 9.63 Å². The lowest BCUT2D eigenvalue weighted by atomic mass is 9.68. The van der Waals surface area contributed by atoms with E-state index in [-0.39, 0.29) is 29.7 Å².